The molecule has 0 bridgehead atoms. The van der Waals surface area contributed by atoms with E-state index in [1.54, 1.807) is 0 Å². The zero-order chi connectivity index (χ0) is 14.6. The molecule has 0 spiro atoms. The van der Waals surface area contributed by atoms with Gasteiger partial charge in [-0.3, -0.25) is 4.72 Å². The Morgan fingerprint density at radius 3 is 2.21 bits per heavy atom. The monoisotopic (exact) mass is 296 g/mol. The highest BCUT2D eigenvalue weighted by Gasteiger charge is 2.21. The van der Waals surface area contributed by atoms with Crippen LogP contribution in [0.2, 0.25) is 0 Å². The highest BCUT2D eigenvalue weighted by atomic mass is 32.2. The van der Waals surface area contributed by atoms with E-state index in [0.717, 1.165) is 0 Å². The van der Waals surface area contributed by atoms with Gasteiger partial charge in [0.2, 0.25) is 10.0 Å². The molecule has 0 aromatic heterocycles. The lowest BCUT2D eigenvalue weighted by molar-refractivity contribution is 0.448. The Hall–Kier alpha value is -1.28. The minimum atomic E-state index is -3.80. The number of benzene rings is 1. The van der Waals surface area contributed by atoms with Gasteiger partial charge in [0.05, 0.1) is 10.9 Å². The van der Waals surface area contributed by atoms with Crippen molar-refractivity contribution in [2.24, 2.45) is 0 Å². The van der Waals surface area contributed by atoms with Crippen LogP contribution in [-0.2, 0) is 10.0 Å². The molecule has 0 aliphatic carbocycles. The predicted octanol–water partition coefficient (Wildman–Crippen LogP) is 1.84. The van der Waals surface area contributed by atoms with Gasteiger partial charge in [0.1, 0.15) is 0 Å². The summed E-state index contributed by atoms with van der Waals surface area (Å²) in [6.07, 6.45) is 0. The van der Waals surface area contributed by atoms with Gasteiger partial charge < -0.3 is 5.32 Å². The van der Waals surface area contributed by atoms with Crippen LogP contribution < -0.4 is 10.0 Å². The fourth-order valence-electron chi connectivity index (χ4n) is 1.34. The lowest BCUT2D eigenvalue weighted by Crippen LogP contribution is -2.34. The van der Waals surface area contributed by atoms with Crippen molar-refractivity contribution in [2.45, 2.75) is 19.1 Å². The quantitative estimate of drug-likeness (QED) is 0.788. The molecule has 0 radical (unpaired) electrons. The Morgan fingerprint density at radius 1 is 1.21 bits per heavy atom. The molecule has 0 saturated carbocycles. The molecule has 1 atom stereocenters. The van der Waals surface area contributed by atoms with Gasteiger partial charge in [0.15, 0.2) is 17.5 Å². The third-order valence-electron chi connectivity index (χ3n) is 2.46. The van der Waals surface area contributed by atoms with Gasteiger partial charge in [-0.15, -0.1) is 0 Å². The first kappa shape index (κ1) is 15.8. The SMILES string of the molecule is CCNCC(C)S(=O)(=O)Nc1cc(F)c(F)c(F)c1. The average Bonchev–Trinajstić information content (AvgIpc) is 2.32. The van der Waals surface area contributed by atoms with Gasteiger partial charge in [-0.1, -0.05) is 6.92 Å². The first-order valence-electron chi connectivity index (χ1n) is 5.64. The summed E-state index contributed by atoms with van der Waals surface area (Å²) in [4.78, 5) is 0. The number of halogens is 3. The molecular weight excluding hydrogens is 281 g/mol. The molecule has 1 aromatic rings. The van der Waals surface area contributed by atoms with E-state index in [9.17, 15) is 21.6 Å². The average molecular weight is 296 g/mol. The smallest absolute Gasteiger partial charge is 0.236 e. The normalized spacial score (nSPS) is 13.3. The molecule has 108 valence electrons. The van der Waals surface area contributed by atoms with E-state index in [1.807, 2.05) is 11.6 Å². The highest BCUT2D eigenvalue weighted by molar-refractivity contribution is 7.93. The summed E-state index contributed by atoms with van der Waals surface area (Å²) in [6.45, 7) is 4.05. The van der Waals surface area contributed by atoms with Crippen molar-refractivity contribution in [1.82, 2.24) is 5.32 Å². The molecule has 0 saturated heterocycles. The molecule has 0 aliphatic rings. The van der Waals surface area contributed by atoms with Crippen molar-refractivity contribution in [3.63, 3.8) is 0 Å². The fraction of sp³-hybridized carbons (Fsp3) is 0.455. The minimum absolute atomic E-state index is 0.192. The third-order valence-corrected chi connectivity index (χ3v) is 4.20. The number of nitrogens with one attached hydrogen (secondary N) is 2. The molecule has 8 heteroatoms. The Bertz CT molecular complexity index is 526. The van der Waals surface area contributed by atoms with Crippen LogP contribution in [0.3, 0.4) is 0 Å². The Morgan fingerprint density at radius 2 is 1.74 bits per heavy atom. The summed E-state index contributed by atoms with van der Waals surface area (Å²) >= 11 is 0. The molecule has 1 aromatic carbocycles. The summed E-state index contributed by atoms with van der Waals surface area (Å²) in [7, 11) is -3.80. The van der Waals surface area contributed by atoms with Crippen LogP contribution in [0.25, 0.3) is 0 Å². The molecule has 4 nitrogen and oxygen atoms in total. The van der Waals surface area contributed by atoms with E-state index in [-0.39, 0.29) is 12.2 Å². The number of anilines is 1. The summed E-state index contributed by atoms with van der Waals surface area (Å²) in [6, 6.07) is 1.19. The van der Waals surface area contributed by atoms with Gasteiger partial charge >= 0.3 is 0 Å². The van der Waals surface area contributed by atoms with Crippen LogP contribution >= 0.6 is 0 Å². The third kappa shape index (κ3) is 4.10. The van der Waals surface area contributed by atoms with E-state index in [1.165, 1.54) is 6.92 Å². The van der Waals surface area contributed by atoms with Crippen LogP contribution in [0, 0.1) is 17.5 Å². The van der Waals surface area contributed by atoms with Crippen LogP contribution in [0.1, 0.15) is 13.8 Å². The molecular formula is C11H15F3N2O2S. The molecule has 19 heavy (non-hydrogen) atoms. The number of rotatable bonds is 6. The zero-order valence-electron chi connectivity index (χ0n) is 10.5. The molecule has 0 aliphatic heterocycles. The van der Waals surface area contributed by atoms with Gasteiger partial charge in [-0.2, -0.15) is 0 Å². The summed E-state index contributed by atoms with van der Waals surface area (Å²) < 4.78 is 64.3. The van der Waals surface area contributed by atoms with Crippen LogP contribution in [0.5, 0.6) is 0 Å². The van der Waals surface area contributed by atoms with Crippen LogP contribution in [0.15, 0.2) is 12.1 Å². The van der Waals surface area contributed by atoms with E-state index in [0.29, 0.717) is 18.7 Å². The molecule has 1 unspecified atom stereocenters. The maximum Gasteiger partial charge on any atom is 0.236 e. The zero-order valence-corrected chi connectivity index (χ0v) is 11.3. The van der Waals surface area contributed by atoms with Crippen molar-refractivity contribution in [2.75, 3.05) is 17.8 Å². The van der Waals surface area contributed by atoms with Crippen LogP contribution in [-0.4, -0.2) is 26.8 Å². The second-order valence-corrected chi connectivity index (χ2v) is 6.12. The summed E-state index contributed by atoms with van der Waals surface area (Å²) in [5.41, 5.74) is -0.347. The van der Waals surface area contributed by atoms with Gasteiger partial charge in [0, 0.05) is 18.7 Å². The van der Waals surface area contributed by atoms with Crippen molar-refractivity contribution in [3.05, 3.63) is 29.6 Å². The second-order valence-electron chi connectivity index (χ2n) is 4.02. The van der Waals surface area contributed by atoms with Gasteiger partial charge in [-0.25, -0.2) is 21.6 Å². The van der Waals surface area contributed by atoms with Gasteiger partial charge in [0.25, 0.3) is 0 Å². The minimum Gasteiger partial charge on any atom is -0.316 e. The molecule has 0 fully saturated rings. The van der Waals surface area contributed by atoms with Crippen molar-refractivity contribution >= 4 is 15.7 Å². The lowest BCUT2D eigenvalue weighted by Gasteiger charge is -2.15. The standard InChI is InChI=1S/C11H15F3N2O2S/c1-3-15-6-7(2)19(17,18)16-8-4-9(12)11(14)10(13)5-8/h4-5,7,15-16H,3,6H2,1-2H3. The molecule has 0 amide bonds. The maximum atomic E-state index is 13.0. The Labute approximate surface area is 110 Å². The number of hydrogen-bond acceptors (Lipinski definition) is 3. The van der Waals surface area contributed by atoms with E-state index in [2.05, 4.69) is 5.32 Å². The molecule has 0 heterocycles. The lowest BCUT2D eigenvalue weighted by atomic mass is 10.3. The molecule has 2 N–H and O–H groups in total. The Balaban J connectivity index is 2.89. The highest BCUT2D eigenvalue weighted by Crippen LogP contribution is 2.19. The van der Waals surface area contributed by atoms with E-state index < -0.39 is 32.7 Å². The van der Waals surface area contributed by atoms with Crippen molar-refractivity contribution in [1.29, 1.82) is 0 Å². The largest absolute Gasteiger partial charge is 0.316 e. The number of hydrogen-bond donors (Lipinski definition) is 2. The fourth-order valence-corrected chi connectivity index (χ4v) is 2.32. The first-order chi connectivity index (χ1) is 8.77. The van der Waals surface area contributed by atoms with Gasteiger partial charge in [-0.05, 0) is 13.5 Å². The van der Waals surface area contributed by atoms with E-state index in [4.69, 9.17) is 0 Å². The van der Waals surface area contributed by atoms with Crippen molar-refractivity contribution in [3.8, 4) is 0 Å². The predicted molar refractivity (Wildman–Crippen MR) is 66.9 cm³/mol. The van der Waals surface area contributed by atoms with Crippen LogP contribution in [0.4, 0.5) is 18.9 Å². The maximum absolute atomic E-state index is 13.0. The Kier molecular flexibility index (Phi) is 5.19. The van der Waals surface area contributed by atoms with Crippen molar-refractivity contribution < 1.29 is 21.6 Å². The topological polar surface area (TPSA) is 58.2 Å². The first-order valence-corrected chi connectivity index (χ1v) is 7.19. The second kappa shape index (κ2) is 6.25. The summed E-state index contributed by atoms with van der Waals surface area (Å²) in [5, 5.41) is 2.04. The number of sulfonamides is 1. The van der Waals surface area contributed by atoms with E-state index >= 15 is 0 Å². The molecule has 1 rings (SSSR count). The summed E-state index contributed by atoms with van der Waals surface area (Å²) in [5.74, 6) is -4.53.